The van der Waals surface area contributed by atoms with E-state index in [4.69, 9.17) is 18.9 Å². The lowest BCUT2D eigenvalue weighted by atomic mass is 9.29. The Balaban J connectivity index is 0.816. The molecule has 0 fully saturated rings. The molecule has 0 atom stereocenters. The second-order valence-electron chi connectivity index (χ2n) is 26.5. The van der Waals surface area contributed by atoms with Gasteiger partial charge in [0, 0.05) is 97.5 Å². The minimum atomic E-state index is -0.284. The Morgan fingerprint density at radius 3 is 0.924 bits per heavy atom. The highest BCUT2D eigenvalue weighted by molar-refractivity contribution is 7.04. The van der Waals surface area contributed by atoms with E-state index in [0.29, 0.717) is 0 Å². The molecule has 0 bridgehead atoms. The van der Waals surface area contributed by atoms with Crippen molar-refractivity contribution in [2.75, 3.05) is 23.9 Å². The second kappa shape index (κ2) is 15.3. The fraction of sp³-hybridized carbons (Fsp3) is 0.0250. The number of hydrogen-bond acceptors (Lipinski definition) is 6. The molecule has 0 spiro atoms. The van der Waals surface area contributed by atoms with E-state index >= 15 is 0 Å². The van der Waals surface area contributed by atoms with Gasteiger partial charge in [0.25, 0.3) is 20.1 Å². The Labute approximate surface area is 523 Å². The van der Waals surface area contributed by atoms with Gasteiger partial charge < -0.3 is 41.9 Å². The van der Waals surface area contributed by atoms with Gasteiger partial charge in [0.15, 0.2) is 0 Å². The third-order valence-electron chi connectivity index (χ3n) is 22.6. The van der Waals surface area contributed by atoms with Gasteiger partial charge >= 0.3 is 0 Å². The van der Waals surface area contributed by atoms with Crippen LogP contribution in [0.2, 0.25) is 0 Å². The van der Waals surface area contributed by atoms with Crippen molar-refractivity contribution in [1.29, 1.82) is 0 Å². The molecule has 0 amide bonds. The van der Waals surface area contributed by atoms with Crippen LogP contribution in [0.4, 0.5) is 22.7 Å². The van der Waals surface area contributed by atoms with Gasteiger partial charge in [-0.3, -0.25) is 0 Å². The highest BCUT2D eigenvalue weighted by Crippen LogP contribution is 2.56. The van der Waals surface area contributed by atoms with Crippen LogP contribution < -0.4 is 77.9 Å². The topological polar surface area (TPSA) is 56.6 Å². The Morgan fingerprint density at radius 2 is 0.543 bits per heavy atom. The fourth-order valence-corrected chi connectivity index (χ4v) is 19.3. The van der Waals surface area contributed by atoms with Crippen LogP contribution in [0.1, 0.15) is 0 Å². The van der Waals surface area contributed by atoms with Crippen LogP contribution in [-0.4, -0.2) is 47.4 Å². The Morgan fingerprint density at radius 1 is 0.261 bits per heavy atom. The average molecular weight is 1170 g/mol. The normalized spacial score (nSPS) is 14.7. The Kier molecular flexibility index (Phi) is 7.70. The monoisotopic (exact) mass is 1170 g/mol. The molecule has 6 aliphatic rings. The summed E-state index contributed by atoms with van der Waals surface area (Å²) in [4.78, 5) is 4.94. The fourth-order valence-electron chi connectivity index (χ4n) is 19.3. The zero-order chi connectivity index (χ0) is 59.2. The predicted octanol–water partition coefficient (Wildman–Crippen LogP) is 13.3. The molecule has 0 N–H and O–H groups in total. The zero-order valence-corrected chi connectivity index (χ0v) is 49.4. The summed E-state index contributed by atoms with van der Waals surface area (Å²) < 4.78 is 38.0. The highest BCUT2D eigenvalue weighted by atomic mass is 16.5. The summed E-state index contributed by atoms with van der Waals surface area (Å²) in [5, 5.41) is 14.1. The summed E-state index contributed by atoms with van der Waals surface area (Å²) in [5.41, 5.74) is 25.4. The van der Waals surface area contributed by atoms with Crippen molar-refractivity contribution in [3.63, 3.8) is 0 Å². The van der Waals surface area contributed by atoms with Crippen LogP contribution in [0.3, 0.4) is 0 Å². The van der Waals surface area contributed by atoms with E-state index in [1.54, 1.807) is 0 Å². The molecule has 6 aromatic heterocycles. The van der Waals surface area contributed by atoms with Gasteiger partial charge in [-0.2, -0.15) is 0 Å². The molecule has 25 rings (SSSR count). The number of para-hydroxylation sites is 8. The van der Waals surface area contributed by atoms with Gasteiger partial charge in [-0.1, -0.05) is 158 Å². The number of benzene rings is 13. The molecule has 420 valence electrons. The smallest absolute Gasteiger partial charge is 0.260 e. The molecule has 6 aliphatic heterocycles. The number of rotatable bonds is 0. The summed E-state index contributed by atoms with van der Waals surface area (Å²) in [6, 6.07) is 80.7. The van der Waals surface area contributed by atoms with E-state index in [1.807, 2.05) is 0 Å². The lowest BCUT2D eigenvalue weighted by Crippen LogP contribution is -2.65. The van der Waals surface area contributed by atoms with E-state index in [-0.39, 0.29) is 20.1 Å². The Bertz CT molecular complexity index is 6800. The largest absolute Gasteiger partial charge is 0.458 e. The molecule has 12 heterocycles. The lowest BCUT2D eigenvalue weighted by Gasteiger charge is -2.43. The van der Waals surface area contributed by atoms with E-state index in [9.17, 15) is 0 Å². The third-order valence-corrected chi connectivity index (χ3v) is 22.6. The van der Waals surface area contributed by atoms with E-state index in [1.165, 1.54) is 92.8 Å². The van der Waals surface area contributed by atoms with Crippen molar-refractivity contribution >= 4 is 206 Å². The molecule has 0 radical (unpaired) electrons. The maximum absolute atomic E-state index is 7.98. The molecular weight excluding hydrogens is 1130 g/mol. The van der Waals surface area contributed by atoms with Crippen LogP contribution >= 0.6 is 0 Å². The number of fused-ring (bicyclic) bond motifs is 36. The quantitative estimate of drug-likeness (QED) is 0.141. The molecule has 0 unspecified atom stereocenters. The molecule has 9 nitrogen and oxygen atoms in total. The first-order valence-electron chi connectivity index (χ1n) is 32.0. The number of nitrogens with zero attached hydrogens (tertiary/aromatic N) is 5. The molecule has 0 saturated carbocycles. The summed E-state index contributed by atoms with van der Waals surface area (Å²) in [6.45, 7) is -0.683. The molecule has 92 heavy (non-hydrogen) atoms. The summed E-state index contributed by atoms with van der Waals surface area (Å²) in [6.07, 6.45) is 0. The molecule has 0 saturated heterocycles. The van der Waals surface area contributed by atoms with Gasteiger partial charge in [-0.05, 0) is 92.2 Å². The van der Waals surface area contributed by atoms with Gasteiger partial charge in [0.1, 0.15) is 46.0 Å². The van der Waals surface area contributed by atoms with Gasteiger partial charge in [0.2, 0.25) is 0 Å². The minimum absolute atomic E-state index is 0.177. The van der Waals surface area contributed by atoms with Gasteiger partial charge in [-0.15, -0.1) is 0 Å². The first kappa shape index (κ1) is 46.4. The predicted molar refractivity (Wildman–Crippen MR) is 379 cm³/mol. The van der Waals surface area contributed by atoms with E-state index in [0.717, 1.165) is 139 Å². The number of anilines is 4. The molecule has 19 aromatic rings. The maximum atomic E-state index is 7.98. The first-order valence-corrected chi connectivity index (χ1v) is 32.0. The summed E-state index contributed by atoms with van der Waals surface area (Å²) >= 11 is 0. The number of hydrogen-bond donors (Lipinski definition) is 0. The zero-order valence-electron chi connectivity index (χ0n) is 49.4. The summed E-state index contributed by atoms with van der Waals surface area (Å²) in [7, 11) is 4.55. The standard InChI is InChI=1S/C80H42B3N5O4/c1-84-57-37-62-50(35-47(57)81-45-25-9-17-33-59(45)89-77-65-41-21-5-13-29-53(41)86-51-27-11-3-19-39(51)63(72(65)86)75(84)69(77)81)83-48-36-49-61(38-58(48)85(2)76-64-40-20-4-12-28-52(40)87-54-30-14-6-22-42(54)66(73(64)87)78(91-62)70(76)83)92-80-68-44-24-8-16-32-56(44)88-55-31-15-7-23-43(55)67(74(68)88)79-71(80)82(49)46-26-10-18-34-60(46)90-79/h3-38H,1-2H3. The number of ether oxygens (including phenoxy) is 4. The molecule has 13 aromatic carbocycles. The Hall–Kier alpha value is -11.7. The third kappa shape index (κ3) is 4.92. The van der Waals surface area contributed by atoms with Crippen molar-refractivity contribution in [2.45, 2.75) is 0 Å². The molecule has 0 aliphatic carbocycles. The minimum Gasteiger partial charge on any atom is -0.458 e. The van der Waals surface area contributed by atoms with Crippen LogP contribution in [0.5, 0.6) is 46.0 Å². The first-order chi connectivity index (χ1) is 45.6. The van der Waals surface area contributed by atoms with Crippen LogP contribution in [0.15, 0.2) is 218 Å². The van der Waals surface area contributed by atoms with Crippen molar-refractivity contribution in [3.05, 3.63) is 218 Å². The van der Waals surface area contributed by atoms with Crippen molar-refractivity contribution in [1.82, 2.24) is 13.2 Å². The number of aromatic nitrogens is 3. The van der Waals surface area contributed by atoms with Crippen LogP contribution in [-0.2, 0) is 0 Å². The van der Waals surface area contributed by atoms with Crippen LogP contribution in [0, 0.1) is 0 Å². The lowest BCUT2D eigenvalue weighted by molar-refractivity contribution is 0.472. The van der Waals surface area contributed by atoms with Gasteiger partial charge in [-0.25, -0.2) is 0 Å². The van der Waals surface area contributed by atoms with Crippen molar-refractivity contribution < 1.29 is 18.9 Å². The second-order valence-corrected chi connectivity index (χ2v) is 26.5. The summed E-state index contributed by atoms with van der Waals surface area (Å²) in [5.74, 6) is 7.01. The average Bonchev–Trinajstić information content (AvgIpc) is 1.43. The van der Waals surface area contributed by atoms with Crippen molar-refractivity contribution in [3.8, 4) is 46.0 Å². The van der Waals surface area contributed by atoms with Crippen LogP contribution in [0.25, 0.3) is 114 Å². The molecular formula is C80H42B3N5O4. The van der Waals surface area contributed by atoms with E-state index < -0.39 is 0 Å². The van der Waals surface area contributed by atoms with E-state index in [2.05, 4.69) is 255 Å². The maximum Gasteiger partial charge on any atom is 0.260 e. The SMILES string of the molecule is CN1c2cc3c(cc2B2c4cc5c(cc4Oc4c2c1c1c2ccccc2n2c6ccccc6c4c12)N(C)c1c2c(c4c6ccccc6n6c7ccccc7c1c46)Oc1ccccc1B52)B1c2ccccc2Oc2c1c(c1c4ccccc4n4c5ccccc5c2c14)O3. The van der Waals surface area contributed by atoms with Gasteiger partial charge in [0.05, 0.1) is 71.2 Å². The van der Waals surface area contributed by atoms with Crippen molar-refractivity contribution in [2.24, 2.45) is 0 Å². The molecule has 12 heteroatoms. The highest BCUT2D eigenvalue weighted by Gasteiger charge is 2.51.